The largest absolute Gasteiger partial charge is 0.459 e. The van der Waals surface area contributed by atoms with Crippen molar-refractivity contribution in [3.05, 3.63) is 88.9 Å². The maximum atomic E-state index is 12.8. The number of hydrogen-bond acceptors (Lipinski definition) is 4. The summed E-state index contributed by atoms with van der Waals surface area (Å²) in [5.74, 6) is -1.09. The Labute approximate surface area is 164 Å². The predicted octanol–water partition coefficient (Wildman–Crippen LogP) is 5.22. The summed E-state index contributed by atoms with van der Waals surface area (Å²) in [7, 11) is 0. The number of carbonyl (C=O) groups is 2. The van der Waals surface area contributed by atoms with Gasteiger partial charge in [-0.25, -0.2) is 4.79 Å². The van der Waals surface area contributed by atoms with Crippen molar-refractivity contribution in [1.29, 1.82) is 0 Å². The summed E-state index contributed by atoms with van der Waals surface area (Å²) >= 11 is 0. The Morgan fingerprint density at radius 2 is 1.86 bits per heavy atom. The van der Waals surface area contributed by atoms with E-state index in [0.29, 0.717) is 11.3 Å². The third kappa shape index (κ3) is 5.04. The van der Waals surface area contributed by atoms with E-state index >= 15 is 0 Å². The van der Waals surface area contributed by atoms with Gasteiger partial charge in [0.2, 0.25) is 0 Å². The second-order valence-electron chi connectivity index (χ2n) is 6.24. The van der Waals surface area contributed by atoms with Crippen LogP contribution in [-0.4, -0.2) is 11.9 Å². The van der Waals surface area contributed by atoms with Gasteiger partial charge in [0.1, 0.15) is 6.61 Å². The number of nitrogens with one attached hydrogen (secondary N) is 1. The molecule has 0 spiro atoms. The third-order valence-corrected chi connectivity index (χ3v) is 4.09. The molecule has 0 bridgehead atoms. The van der Waals surface area contributed by atoms with Crippen LogP contribution >= 0.6 is 0 Å². The van der Waals surface area contributed by atoms with Crippen molar-refractivity contribution in [2.45, 2.75) is 19.7 Å². The highest BCUT2D eigenvalue weighted by molar-refractivity contribution is 6.03. The van der Waals surface area contributed by atoms with E-state index in [1.54, 1.807) is 19.1 Å². The molecular formula is C21H16F3NO4. The summed E-state index contributed by atoms with van der Waals surface area (Å²) in [6, 6.07) is 12.2. The van der Waals surface area contributed by atoms with Crippen molar-refractivity contribution < 1.29 is 31.9 Å². The molecule has 0 aliphatic rings. The summed E-state index contributed by atoms with van der Waals surface area (Å²) in [5.41, 5.74) is 0.646. The van der Waals surface area contributed by atoms with E-state index in [0.717, 1.165) is 12.1 Å². The van der Waals surface area contributed by atoms with Gasteiger partial charge < -0.3 is 14.5 Å². The van der Waals surface area contributed by atoms with Gasteiger partial charge in [0.05, 0.1) is 17.4 Å². The van der Waals surface area contributed by atoms with Crippen LogP contribution in [0.5, 0.6) is 0 Å². The van der Waals surface area contributed by atoms with Crippen LogP contribution < -0.4 is 5.32 Å². The van der Waals surface area contributed by atoms with Gasteiger partial charge in [0.25, 0.3) is 5.91 Å². The van der Waals surface area contributed by atoms with Gasteiger partial charge in [-0.2, -0.15) is 13.2 Å². The number of furan rings is 1. The molecule has 1 N–H and O–H groups in total. The van der Waals surface area contributed by atoms with Crippen LogP contribution in [0, 0.1) is 6.92 Å². The molecule has 0 saturated heterocycles. The van der Waals surface area contributed by atoms with Crippen LogP contribution in [-0.2, 0) is 17.5 Å². The zero-order chi connectivity index (χ0) is 21.0. The molecule has 0 saturated carbocycles. The first-order valence-corrected chi connectivity index (χ1v) is 8.53. The van der Waals surface area contributed by atoms with Crippen molar-refractivity contribution >= 4 is 17.6 Å². The smallest absolute Gasteiger partial charge is 0.416 e. The van der Waals surface area contributed by atoms with Crippen molar-refractivity contribution in [3.63, 3.8) is 0 Å². The number of rotatable bonds is 5. The highest BCUT2D eigenvalue weighted by atomic mass is 19.4. The van der Waals surface area contributed by atoms with Crippen molar-refractivity contribution in [1.82, 2.24) is 0 Å². The number of halogens is 3. The highest BCUT2D eigenvalue weighted by Crippen LogP contribution is 2.29. The molecule has 0 fully saturated rings. The number of aryl methyl sites for hydroxylation is 1. The molecule has 3 rings (SSSR count). The molecule has 1 amide bonds. The van der Waals surface area contributed by atoms with Crippen molar-refractivity contribution in [2.75, 3.05) is 5.32 Å². The highest BCUT2D eigenvalue weighted by Gasteiger charge is 2.30. The molecule has 3 aromatic rings. The maximum absolute atomic E-state index is 12.8. The Kier molecular flexibility index (Phi) is 5.72. The van der Waals surface area contributed by atoms with Gasteiger partial charge in [-0.05, 0) is 54.4 Å². The van der Waals surface area contributed by atoms with Gasteiger partial charge in [-0.3, -0.25) is 4.79 Å². The fourth-order valence-corrected chi connectivity index (χ4v) is 2.54. The Morgan fingerprint density at radius 3 is 2.55 bits per heavy atom. The predicted molar refractivity (Wildman–Crippen MR) is 98.4 cm³/mol. The molecule has 0 aliphatic carbocycles. The summed E-state index contributed by atoms with van der Waals surface area (Å²) in [4.78, 5) is 24.4. The molecule has 1 aromatic heterocycles. The maximum Gasteiger partial charge on any atom is 0.416 e. The number of amides is 1. The second kappa shape index (κ2) is 8.22. The zero-order valence-corrected chi connectivity index (χ0v) is 15.2. The molecular weight excluding hydrogens is 387 g/mol. The molecule has 5 nitrogen and oxygen atoms in total. The quantitative estimate of drug-likeness (QED) is 0.594. The molecule has 8 heteroatoms. The number of hydrogen-bond donors (Lipinski definition) is 1. The lowest BCUT2D eigenvalue weighted by Crippen LogP contribution is -2.13. The molecule has 2 aromatic carbocycles. The van der Waals surface area contributed by atoms with E-state index in [1.165, 1.54) is 36.6 Å². The van der Waals surface area contributed by atoms with E-state index < -0.39 is 23.6 Å². The van der Waals surface area contributed by atoms with Crippen LogP contribution in [0.3, 0.4) is 0 Å². The van der Waals surface area contributed by atoms with Crippen molar-refractivity contribution in [3.8, 4) is 0 Å². The first kappa shape index (κ1) is 20.2. The third-order valence-electron chi connectivity index (χ3n) is 4.09. The Bertz CT molecular complexity index is 1030. The second-order valence-corrected chi connectivity index (χ2v) is 6.24. The summed E-state index contributed by atoms with van der Waals surface area (Å²) in [6.45, 7) is 1.43. The number of benzene rings is 2. The molecule has 0 unspecified atom stereocenters. The van der Waals surface area contributed by atoms with Gasteiger partial charge in [-0.15, -0.1) is 0 Å². The lowest BCUT2D eigenvalue weighted by Gasteiger charge is -2.11. The van der Waals surface area contributed by atoms with E-state index in [-0.39, 0.29) is 23.5 Å². The Hall–Kier alpha value is -3.55. The molecule has 0 atom stereocenters. The SMILES string of the molecule is Cc1ccc(C(=O)OCc2cccc(C(F)(F)F)c2)cc1NC(=O)c1ccco1. The minimum Gasteiger partial charge on any atom is -0.459 e. The van der Waals surface area contributed by atoms with E-state index in [4.69, 9.17) is 9.15 Å². The lowest BCUT2D eigenvalue weighted by atomic mass is 10.1. The number of alkyl halides is 3. The molecule has 150 valence electrons. The summed E-state index contributed by atoms with van der Waals surface area (Å²) in [5, 5.41) is 2.64. The van der Waals surface area contributed by atoms with Gasteiger partial charge in [0.15, 0.2) is 5.76 Å². The summed E-state index contributed by atoms with van der Waals surface area (Å²) in [6.07, 6.45) is -3.11. The molecule has 0 radical (unpaired) electrons. The Morgan fingerprint density at radius 1 is 1.07 bits per heavy atom. The molecule has 1 heterocycles. The molecule has 29 heavy (non-hydrogen) atoms. The van der Waals surface area contributed by atoms with E-state index in [2.05, 4.69) is 5.32 Å². The fourth-order valence-electron chi connectivity index (χ4n) is 2.54. The van der Waals surface area contributed by atoms with Crippen LogP contribution in [0.1, 0.15) is 37.6 Å². The van der Waals surface area contributed by atoms with Crippen LogP contribution in [0.4, 0.5) is 18.9 Å². The summed E-state index contributed by atoms with van der Waals surface area (Å²) < 4.78 is 48.5. The number of carbonyl (C=O) groups excluding carboxylic acids is 2. The fraction of sp³-hybridized carbons (Fsp3) is 0.143. The average molecular weight is 403 g/mol. The monoisotopic (exact) mass is 403 g/mol. The van der Waals surface area contributed by atoms with Gasteiger partial charge in [0, 0.05) is 5.69 Å². The standard InChI is InChI=1S/C21H16F3NO4/c1-13-7-8-15(11-17(13)25-19(26)18-6-3-9-28-18)20(27)29-12-14-4-2-5-16(10-14)21(22,23)24/h2-11H,12H2,1H3,(H,25,26). The van der Waals surface area contributed by atoms with Crippen LogP contribution in [0.2, 0.25) is 0 Å². The first-order valence-electron chi connectivity index (χ1n) is 8.53. The van der Waals surface area contributed by atoms with Crippen LogP contribution in [0.15, 0.2) is 65.3 Å². The number of ether oxygens (including phenoxy) is 1. The number of esters is 1. The number of anilines is 1. The normalized spacial score (nSPS) is 11.2. The minimum absolute atomic E-state index is 0.113. The van der Waals surface area contributed by atoms with Gasteiger partial charge in [-0.1, -0.05) is 18.2 Å². The van der Waals surface area contributed by atoms with Crippen molar-refractivity contribution in [2.24, 2.45) is 0 Å². The molecule has 0 aliphatic heterocycles. The van der Waals surface area contributed by atoms with Crippen LogP contribution in [0.25, 0.3) is 0 Å². The minimum atomic E-state index is -4.47. The first-order chi connectivity index (χ1) is 13.7. The topological polar surface area (TPSA) is 68.5 Å². The zero-order valence-electron chi connectivity index (χ0n) is 15.2. The lowest BCUT2D eigenvalue weighted by molar-refractivity contribution is -0.137. The van der Waals surface area contributed by atoms with E-state index in [1.807, 2.05) is 0 Å². The van der Waals surface area contributed by atoms with E-state index in [9.17, 15) is 22.8 Å². The Balaban J connectivity index is 1.69. The van der Waals surface area contributed by atoms with Gasteiger partial charge >= 0.3 is 12.1 Å². The average Bonchev–Trinajstić information content (AvgIpc) is 3.22.